The van der Waals surface area contributed by atoms with E-state index in [1.54, 1.807) is 10.9 Å². The summed E-state index contributed by atoms with van der Waals surface area (Å²) >= 11 is 0. The van der Waals surface area contributed by atoms with E-state index < -0.39 is 0 Å². The highest BCUT2D eigenvalue weighted by Crippen LogP contribution is 2.26. The van der Waals surface area contributed by atoms with Crippen LogP contribution in [0.25, 0.3) is 11.2 Å². The normalized spacial score (nSPS) is 17.5. The summed E-state index contributed by atoms with van der Waals surface area (Å²) in [4.78, 5) is 13.6. The molecule has 2 aliphatic heterocycles. The number of fused-ring (bicyclic) bond motifs is 2. The SMILES string of the molecule is [O-][n+]1nn(CCCN2CCN(Cc3ccc4c(c3)CCO4)CC2)c2cncnc21. The minimum absolute atomic E-state index is 0.326. The Hall–Kier alpha value is -2.78. The number of nitrogens with zero attached hydrogens (tertiary/aromatic N) is 7. The van der Waals surface area contributed by atoms with E-state index in [9.17, 15) is 5.21 Å². The van der Waals surface area contributed by atoms with Crippen LogP contribution >= 0.6 is 0 Å². The molecular weight excluding hydrogens is 370 g/mol. The van der Waals surface area contributed by atoms with Crippen LogP contribution in [0.1, 0.15) is 17.5 Å². The fraction of sp³-hybridized carbons (Fsp3) is 0.500. The lowest BCUT2D eigenvalue weighted by molar-refractivity contribution is -0.648. The number of aryl methyl sites for hydroxylation is 1. The van der Waals surface area contributed by atoms with Gasteiger partial charge in [-0.2, -0.15) is 4.68 Å². The van der Waals surface area contributed by atoms with Crippen LogP contribution in [-0.4, -0.2) is 69.0 Å². The molecule has 4 heterocycles. The van der Waals surface area contributed by atoms with Gasteiger partial charge in [0, 0.05) is 50.9 Å². The summed E-state index contributed by atoms with van der Waals surface area (Å²) in [5.41, 5.74) is 3.73. The molecule has 0 aliphatic carbocycles. The fourth-order valence-electron chi connectivity index (χ4n) is 4.21. The number of aromatic nitrogens is 5. The maximum Gasteiger partial charge on any atom is 0.327 e. The quantitative estimate of drug-likeness (QED) is 0.446. The summed E-state index contributed by atoms with van der Waals surface area (Å²) in [6.45, 7) is 7.79. The molecule has 1 saturated heterocycles. The molecule has 2 aromatic heterocycles. The van der Waals surface area contributed by atoms with Gasteiger partial charge in [-0.3, -0.25) is 4.90 Å². The van der Waals surface area contributed by atoms with Gasteiger partial charge >= 0.3 is 5.65 Å². The van der Waals surface area contributed by atoms with Gasteiger partial charge in [0.05, 0.1) is 19.3 Å². The third-order valence-corrected chi connectivity index (χ3v) is 5.79. The summed E-state index contributed by atoms with van der Waals surface area (Å²) in [7, 11) is 0. The van der Waals surface area contributed by atoms with Crippen molar-refractivity contribution < 1.29 is 9.58 Å². The minimum Gasteiger partial charge on any atom is -0.721 e. The van der Waals surface area contributed by atoms with Gasteiger partial charge in [-0.1, -0.05) is 17.1 Å². The van der Waals surface area contributed by atoms with Gasteiger partial charge in [0.15, 0.2) is 6.33 Å². The van der Waals surface area contributed by atoms with E-state index in [2.05, 4.69) is 43.2 Å². The molecule has 3 aromatic rings. The smallest absolute Gasteiger partial charge is 0.327 e. The molecule has 0 radical (unpaired) electrons. The first kappa shape index (κ1) is 18.3. The lowest BCUT2D eigenvalue weighted by Crippen LogP contribution is -2.46. The highest BCUT2D eigenvalue weighted by molar-refractivity contribution is 5.64. The zero-order valence-corrected chi connectivity index (χ0v) is 16.4. The first-order valence-corrected chi connectivity index (χ1v) is 10.2. The van der Waals surface area contributed by atoms with Crippen molar-refractivity contribution in [2.24, 2.45) is 0 Å². The lowest BCUT2D eigenvalue weighted by atomic mass is 10.1. The Morgan fingerprint density at radius 1 is 1.10 bits per heavy atom. The molecular formula is C20H25N7O2. The molecule has 0 spiro atoms. The van der Waals surface area contributed by atoms with E-state index >= 15 is 0 Å². The Morgan fingerprint density at radius 2 is 1.97 bits per heavy atom. The van der Waals surface area contributed by atoms with Crippen LogP contribution in [-0.2, 0) is 19.5 Å². The molecule has 0 bridgehead atoms. The molecule has 0 atom stereocenters. The topological polar surface area (TPSA) is 86.2 Å². The highest BCUT2D eigenvalue weighted by atomic mass is 16.5. The molecule has 152 valence electrons. The molecule has 29 heavy (non-hydrogen) atoms. The van der Waals surface area contributed by atoms with Gasteiger partial charge in [0.25, 0.3) is 0 Å². The Labute approximate surface area is 169 Å². The average Bonchev–Trinajstić information content (AvgIpc) is 3.34. The van der Waals surface area contributed by atoms with Crippen LogP contribution in [0, 0.1) is 5.21 Å². The maximum atomic E-state index is 11.8. The van der Waals surface area contributed by atoms with Gasteiger partial charge < -0.3 is 14.8 Å². The zero-order chi connectivity index (χ0) is 19.6. The van der Waals surface area contributed by atoms with Crippen molar-refractivity contribution in [3.63, 3.8) is 0 Å². The number of benzene rings is 1. The van der Waals surface area contributed by atoms with Gasteiger partial charge in [-0.05, 0) is 23.6 Å². The predicted octanol–water partition coefficient (Wildman–Crippen LogP) is 0.603. The average molecular weight is 395 g/mol. The largest absolute Gasteiger partial charge is 0.721 e. The summed E-state index contributed by atoms with van der Waals surface area (Å²) in [5, 5.41) is 15.8. The summed E-state index contributed by atoms with van der Waals surface area (Å²) < 4.78 is 7.30. The van der Waals surface area contributed by atoms with Crippen molar-refractivity contribution in [1.82, 2.24) is 29.7 Å². The van der Waals surface area contributed by atoms with E-state index in [0.29, 0.717) is 22.6 Å². The summed E-state index contributed by atoms with van der Waals surface area (Å²) in [6.07, 6.45) is 4.99. The van der Waals surface area contributed by atoms with E-state index in [1.165, 1.54) is 17.5 Å². The molecule has 1 aromatic carbocycles. The predicted molar refractivity (Wildman–Crippen MR) is 106 cm³/mol. The maximum absolute atomic E-state index is 11.8. The van der Waals surface area contributed by atoms with Crippen LogP contribution in [0.2, 0.25) is 0 Å². The summed E-state index contributed by atoms with van der Waals surface area (Å²) in [6, 6.07) is 6.61. The van der Waals surface area contributed by atoms with Crippen molar-refractivity contribution in [3.05, 3.63) is 47.1 Å². The second-order valence-corrected chi connectivity index (χ2v) is 7.73. The second-order valence-electron chi connectivity index (χ2n) is 7.73. The van der Waals surface area contributed by atoms with E-state index in [1.807, 2.05) is 0 Å². The fourth-order valence-corrected chi connectivity index (χ4v) is 4.21. The first-order valence-electron chi connectivity index (χ1n) is 10.2. The molecule has 0 N–H and O–H groups in total. The molecule has 0 amide bonds. The Balaban J connectivity index is 1.09. The molecule has 0 saturated carbocycles. The monoisotopic (exact) mass is 395 g/mol. The third kappa shape index (κ3) is 3.88. The molecule has 2 aliphatic rings. The standard InChI is InChI=1S/C20H25N7O2/c28-27-20-18(13-21-15-22-20)26(23-27)6-1-5-24-7-9-25(10-8-24)14-16-2-3-19-17(12-16)4-11-29-19/h2-3,12-13,15H,1,4-11,14H2. The Kier molecular flexibility index (Phi) is 4.99. The van der Waals surface area contributed by atoms with Gasteiger partial charge in [0.1, 0.15) is 5.75 Å². The number of rotatable bonds is 6. The van der Waals surface area contributed by atoms with E-state index in [-0.39, 0.29) is 0 Å². The van der Waals surface area contributed by atoms with Gasteiger partial charge in [-0.15, -0.1) is 4.85 Å². The van der Waals surface area contributed by atoms with Crippen molar-refractivity contribution in [3.8, 4) is 5.75 Å². The van der Waals surface area contributed by atoms with Crippen LogP contribution in [0.3, 0.4) is 0 Å². The zero-order valence-electron chi connectivity index (χ0n) is 16.4. The summed E-state index contributed by atoms with van der Waals surface area (Å²) in [5.74, 6) is 1.05. The van der Waals surface area contributed by atoms with E-state index in [4.69, 9.17) is 4.74 Å². The molecule has 9 heteroatoms. The van der Waals surface area contributed by atoms with Crippen molar-refractivity contribution in [2.45, 2.75) is 25.9 Å². The highest BCUT2D eigenvalue weighted by Gasteiger charge is 2.19. The Morgan fingerprint density at radius 3 is 2.86 bits per heavy atom. The minimum atomic E-state index is 0.326. The first-order chi connectivity index (χ1) is 14.3. The molecule has 9 nitrogen and oxygen atoms in total. The lowest BCUT2D eigenvalue weighted by Gasteiger charge is -2.34. The third-order valence-electron chi connectivity index (χ3n) is 5.79. The molecule has 1 fully saturated rings. The van der Waals surface area contributed by atoms with Gasteiger partial charge in [0.2, 0.25) is 5.52 Å². The van der Waals surface area contributed by atoms with Crippen molar-refractivity contribution in [2.75, 3.05) is 39.3 Å². The number of hydrogen-bond donors (Lipinski definition) is 0. The van der Waals surface area contributed by atoms with Crippen LogP contribution in [0.4, 0.5) is 0 Å². The van der Waals surface area contributed by atoms with Crippen molar-refractivity contribution >= 4 is 11.2 Å². The second kappa shape index (κ2) is 7.92. The molecule has 5 rings (SSSR count). The Bertz CT molecular complexity index is 998. The van der Waals surface area contributed by atoms with E-state index in [0.717, 1.165) is 64.5 Å². The van der Waals surface area contributed by atoms with Crippen LogP contribution < -0.4 is 9.58 Å². The van der Waals surface area contributed by atoms with Crippen LogP contribution in [0.5, 0.6) is 5.75 Å². The van der Waals surface area contributed by atoms with Gasteiger partial charge in [-0.25, -0.2) is 4.98 Å². The van der Waals surface area contributed by atoms with Crippen LogP contribution in [0.15, 0.2) is 30.7 Å². The van der Waals surface area contributed by atoms with Crippen molar-refractivity contribution in [1.29, 1.82) is 0 Å². The number of hydrogen-bond acceptors (Lipinski definition) is 7. The number of piperazine rings is 1. The molecule has 0 unspecified atom stereocenters. The number of ether oxygens (including phenoxy) is 1.